The molecule has 1 fully saturated rings. The van der Waals surface area contributed by atoms with Crippen molar-refractivity contribution in [3.05, 3.63) is 11.6 Å². The fraction of sp³-hybridized carbons (Fsp3) is 0.833. The van der Waals surface area contributed by atoms with Crippen LogP contribution >= 0.6 is 0 Å². The average Bonchev–Trinajstić information content (AvgIpc) is 2.24. The predicted molar refractivity (Wildman–Crippen MR) is 72.0 cm³/mol. The van der Waals surface area contributed by atoms with Gasteiger partial charge in [-0.2, -0.15) is 0 Å². The second-order valence-electron chi connectivity index (χ2n) is 5.05. The smallest absolute Gasteiger partial charge is 0.148 e. The third kappa shape index (κ3) is 6.81. The molecule has 1 heterocycles. The maximum Gasteiger partial charge on any atom is 0.148 e. The van der Waals surface area contributed by atoms with E-state index < -0.39 is 9.84 Å². The van der Waals surface area contributed by atoms with Crippen LogP contribution in [-0.4, -0.2) is 69.5 Å². The Morgan fingerprint density at radius 3 is 2.12 bits per heavy atom. The summed E-state index contributed by atoms with van der Waals surface area (Å²) in [5.74, 6) is 0.279. The van der Waals surface area contributed by atoms with Crippen LogP contribution in [0.15, 0.2) is 11.6 Å². The molecule has 0 bridgehead atoms. The van der Waals surface area contributed by atoms with Gasteiger partial charge in [0.1, 0.15) is 9.84 Å². The van der Waals surface area contributed by atoms with Gasteiger partial charge in [-0.1, -0.05) is 11.6 Å². The van der Waals surface area contributed by atoms with Gasteiger partial charge in [-0.05, 0) is 13.8 Å². The van der Waals surface area contributed by atoms with Crippen molar-refractivity contribution < 1.29 is 8.42 Å². The van der Waals surface area contributed by atoms with E-state index in [0.29, 0.717) is 6.54 Å². The predicted octanol–water partition coefficient (Wildman–Crippen LogP) is 0.615. The van der Waals surface area contributed by atoms with Crippen LogP contribution < -0.4 is 0 Å². The zero-order valence-corrected chi connectivity index (χ0v) is 12.0. The molecular formula is C12H24N2O2S. The summed E-state index contributed by atoms with van der Waals surface area (Å²) in [5.41, 5.74) is 1.35. The number of nitrogens with zero attached hydrogens (tertiary/aromatic N) is 2. The van der Waals surface area contributed by atoms with Crippen LogP contribution in [0.1, 0.15) is 13.8 Å². The van der Waals surface area contributed by atoms with Gasteiger partial charge in [0, 0.05) is 45.5 Å². The highest BCUT2D eigenvalue weighted by Gasteiger charge is 2.16. The highest BCUT2D eigenvalue weighted by atomic mass is 32.2. The van der Waals surface area contributed by atoms with Crippen molar-refractivity contribution in [3.63, 3.8) is 0 Å². The van der Waals surface area contributed by atoms with Gasteiger partial charge in [-0.25, -0.2) is 8.42 Å². The van der Waals surface area contributed by atoms with Gasteiger partial charge in [-0.3, -0.25) is 9.80 Å². The van der Waals surface area contributed by atoms with Crippen molar-refractivity contribution in [2.45, 2.75) is 13.8 Å². The molecule has 0 aliphatic carbocycles. The maximum absolute atomic E-state index is 11.1. The molecule has 17 heavy (non-hydrogen) atoms. The second kappa shape index (κ2) is 6.52. The summed E-state index contributed by atoms with van der Waals surface area (Å²) in [5, 5.41) is 0. The first-order chi connectivity index (χ1) is 7.87. The Kier molecular flexibility index (Phi) is 5.62. The third-order valence-electron chi connectivity index (χ3n) is 3.00. The van der Waals surface area contributed by atoms with Crippen LogP contribution in [0.3, 0.4) is 0 Å². The SMILES string of the molecule is CC(C)=CCN1CCN(CCS(C)(=O)=O)CC1. The fourth-order valence-corrected chi connectivity index (χ4v) is 2.39. The minimum absolute atomic E-state index is 0.279. The zero-order chi connectivity index (χ0) is 12.9. The minimum Gasteiger partial charge on any atom is -0.300 e. The summed E-state index contributed by atoms with van der Waals surface area (Å²) >= 11 is 0. The van der Waals surface area contributed by atoms with E-state index in [2.05, 4.69) is 29.7 Å². The van der Waals surface area contributed by atoms with E-state index in [0.717, 1.165) is 32.7 Å². The molecule has 1 aliphatic rings. The minimum atomic E-state index is -2.82. The van der Waals surface area contributed by atoms with Crippen LogP contribution in [0, 0.1) is 0 Å². The van der Waals surface area contributed by atoms with E-state index in [-0.39, 0.29) is 5.75 Å². The van der Waals surface area contributed by atoms with E-state index in [1.165, 1.54) is 11.8 Å². The van der Waals surface area contributed by atoms with Crippen molar-refractivity contribution in [2.24, 2.45) is 0 Å². The Labute approximate surface area is 105 Å². The molecule has 1 saturated heterocycles. The topological polar surface area (TPSA) is 40.6 Å². The molecule has 1 rings (SSSR count). The molecule has 0 aromatic heterocycles. The molecule has 5 heteroatoms. The number of hydrogen-bond acceptors (Lipinski definition) is 4. The Bertz CT molecular complexity index is 351. The highest BCUT2D eigenvalue weighted by Crippen LogP contribution is 2.03. The standard InChI is InChI=1S/C12H24N2O2S/c1-12(2)4-5-13-6-8-14(9-7-13)10-11-17(3,15)16/h4H,5-11H2,1-3H3. The van der Waals surface area contributed by atoms with Crippen LogP contribution in [0.25, 0.3) is 0 Å². The van der Waals surface area contributed by atoms with Crippen molar-refractivity contribution in [3.8, 4) is 0 Å². The van der Waals surface area contributed by atoms with E-state index in [4.69, 9.17) is 0 Å². The molecule has 0 spiro atoms. The van der Waals surface area contributed by atoms with Gasteiger partial charge >= 0.3 is 0 Å². The summed E-state index contributed by atoms with van der Waals surface area (Å²) in [4.78, 5) is 4.64. The first-order valence-corrected chi connectivity index (χ1v) is 8.19. The van der Waals surface area contributed by atoms with Crippen molar-refractivity contribution >= 4 is 9.84 Å². The lowest BCUT2D eigenvalue weighted by molar-refractivity contribution is 0.148. The highest BCUT2D eigenvalue weighted by molar-refractivity contribution is 7.90. The lowest BCUT2D eigenvalue weighted by Gasteiger charge is -2.34. The van der Waals surface area contributed by atoms with Crippen molar-refractivity contribution in [2.75, 3.05) is 51.3 Å². The van der Waals surface area contributed by atoms with Crippen LogP contribution in [-0.2, 0) is 9.84 Å². The van der Waals surface area contributed by atoms with Gasteiger partial charge < -0.3 is 0 Å². The number of rotatable bonds is 5. The summed E-state index contributed by atoms with van der Waals surface area (Å²) in [7, 11) is -2.82. The number of piperazine rings is 1. The molecule has 0 aromatic carbocycles. The number of hydrogen-bond donors (Lipinski definition) is 0. The normalized spacial score (nSPS) is 19.2. The molecule has 1 aliphatic heterocycles. The first kappa shape index (κ1) is 14.7. The van der Waals surface area contributed by atoms with Gasteiger partial charge in [0.15, 0.2) is 0 Å². The molecule has 0 amide bonds. The fourth-order valence-electron chi connectivity index (χ4n) is 1.80. The molecule has 0 saturated carbocycles. The Hall–Kier alpha value is -0.390. The molecule has 0 atom stereocenters. The second-order valence-corrected chi connectivity index (χ2v) is 7.31. The molecule has 0 aromatic rings. The molecule has 0 N–H and O–H groups in total. The van der Waals surface area contributed by atoms with Gasteiger partial charge in [0.2, 0.25) is 0 Å². The van der Waals surface area contributed by atoms with Crippen LogP contribution in [0.2, 0.25) is 0 Å². The van der Waals surface area contributed by atoms with Gasteiger partial charge in [0.25, 0.3) is 0 Å². The number of allylic oxidation sites excluding steroid dienone is 1. The average molecular weight is 260 g/mol. The summed E-state index contributed by atoms with van der Waals surface area (Å²) < 4.78 is 22.1. The van der Waals surface area contributed by atoms with Crippen LogP contribution in [0.4, 0.5) is 0 Å². The largest absolute Gasteiger partial charge is 0.300 e. The van der Waals surface area contributed by atoms with E-state index >= 15 is 0 Å². The first-order valence-electron chi connectivity index (χ1n) is 6.12. The quantitative estimate of drug-likeness (QED) is 0.679. The lowest BCUT2D eigenvalue weighted by atomic mass is 10.2. The Morgan fingerprint density at radius 2 is 1.65 bits per heavy atom. The number of sulfone groups is 1. The Morgan fingerprint density at radius 1 is 1.12 bits per heavy atom. The van der Waals surface area contributed by atoms with E-state index in [1.54, 1.807) is 0 Å². The molecule has 0 unspecified atom stereocenters. The molecular weight excluding hydrogens is 236 g/mol. The van der Waals surface area contributed by atoms with Crippen LogP contribution in [0.5, 0.6) is 0 Å². The summed E-state index contributed by atoms with van der Waals surface area (Å²) in [6.45, 7) is 9.95. The molecule has 0 radical (unpaired) electrons. The zero-order valence-electron chi connectivity index (χ0n) is 11.1. The molecule has 100 valence electrons. The lowest BCUT2D eigenvalue weighted by Crippen LogP contribution is -2.47. The monoisotopic (exact) mass is 260 g/mol. The van der Waals surface area contributed by atoms with Crippen molar-refractivity contribution in [1.82, 2.24) is 9.80 Å². The van der Waals surface area contributed by atoms with Crippen molar-refractivity contribution in [1.29, 1.82) is 0 Å². The van der Waals surface area contributed by atoms with Gasteiger partial charge in [0.05, 0.1) is 5.75 Å². The van der Waals surface area contributed by atoms with Gasteiger partial charge in [-0.15, -0.1) is 0 Å². The van der Waals surface area contributed by atoms with E-state index in [1.807, 2.05) is 0 Å². The summed E-state index contributed by atoms with van der Waals surface area (Å²) in [6.07, 6.45) is 3.55. The Balaban J connectivity index is 2.24. The third-order valence-corrected chi connectivity index (χ3v) is 3.93. The molecule has 4 nitrogen and oxygen atoms in total. The summed E-state index contributed by atoms with van der Waals surface area (Å²) in [6, 6.07) is 0. The maximum atomic E-state index is 11.1. The van der Waals surface area contributed by atoms with E-state index in [9.17, 15) is 8.42 Å².